The molecule has 0 radical (unpaired) electrons. The molecule has 8 heteroatoms. The summed E-state index contributed by atoms with van der Waals surface area (Å²) in [6.07, 6.45) is 1.58. The number of ether oxygens (including phenoxy) is 1. The third kappa shape index (κ3) is 4.33. The topological polar surface area (TPSA) is 80.6 Å². The molecule has 1 fully saturated rings. The minimum absolute atomic E-state index is 0.0537. The van der Waals surface area contributed by atoms with Gasteiger partial charge in [-0.25, -0.2) is 0 Å². The maximum absolute atomic E-state index is 13.0. The van der Waals surface area contributed by atoms with Gasteiger partial charge in [0, 0.05) is 40.9 Å². The van der Waals surface area contributed by atoms with E-state index in [0.29, 0.717) is 48.0 Å². The lowest BCUT2D eigenvalue weighted by Gasteiger charge is -2.27. The van der Waals surface area contributed by atoms with Crippen molar-refractivity contribution in [1.29, 1.82) is 0 Å². The normalized spacial score (nSPS) is 13.9. The highest BCUT2D eigenvalue weighted by atomic mass is 35.5. The second-order valence-corrected chi connectivity index (χ2v) is 7.78. The van der Waals surface area contributed by atoms with Gasteiger partial charge in [-0.15, -0.1) is 0 Å². The lowest BCUT2D eigenvalue weighted by Crippen LogP contribution is -2.42. The average Bonchev–Trinajstić information content (AvgIpc) is 3.15. The first kappa shape index (κ1) is 21.1. The van der Waals surface area contributed by atoms with Crippen LogP contribution in [0.15, 0.2) is 48.7 Å². The van der Waals surface area contributed by atoms with E-state index >= 15 is 0 Å². The van der Waals surface area contributed by atoms with Gasteiger partial charge in [-0.3, -0.25) is 14.4 Å². The van der Waals surface area contributed by atoms with Crippen LogP contribution in [0, 0.1) is 6.92 Å². The molecular formula is C23H22ClN3O4. The largest absolute Gasteiger partial charge is 0.378 e. The van der Waals surface area contributed by atoms with Crippen LogP contribution in [0.3, 0.4) is 0 Å². The molecule has 31 heavy (non-hydrogen) atoms. The van der Waals surface area contributed by atoms with Gasteiger partial charge < -0.3 is 19.5 Å². The van der Waals surface area contributed by atoms with Crippen molar-refractivity contribution in [2.24, 2.45) is 0 Å². The third-order valence-electron chi connectivity index (χ3n) is 5.42. The number of rotatable bonds is 5. The summed E-state index contributed by atoms with van der Waals surface area (Å²) in [6.45, 7) is 3.99. The fraction of sp³-hybridized carbons (Fsp3) is 0.261. The number of carbonyl (C=O) groups is 3. The zero-order chi connectivity index (χ0) is 22.0. The number of aromatic nitrogens is 1. The first-order chi connectivity index (χ1) is 15.0. The van der Waals surface area contributed by atoms with Crippen LogP contribution in [-0.2, 0) is 20.9 Å². The Labute approximate surface area is 184 Å². The number of nitrogens with zero attached hydrogens (tertiary/aromatic N) is 2. The standard InChI is InChI=1S/C23H22ClN3O4/c1-15-18(24)6-4-7-19(15)25-23(30)22(29)17-13-27(20-8-3-2-5-16(17)20)14-21(28)26-9-11-31-12-10-26/h2-8,13H,9-12,14H2,1H3,(H,25,30). The minimum Gasteiger partial charge on any atom is -0.378 e. The van der Waals surface area contributed by atoms with Crippen molar-refractivity contribution in [3.05, 3.63) is 64.8 Å². The third-order valence-corrected chi connectivity index (χ3v) is 5.83. The molecule has 1 aliphatic heterocycles. The number of fused-ring (bicyclic) bond motifs is 1. The monoisotopic (exact) mass is 439 g/mol. The van der Waals surface area contributed by atoms with Crippen molar-refractivity contribution in [1.82, 2.24) is 9.47 Å². The second kappa shape index (κ2) is 8.91. The first-order valence-corrected chi connectivity index (χ1v) is 10.4. The summed E-state index contributed by atoms with van der Waals surface area (Å²) in [5.41, 5.74) is 2.14. The lowest BCUT2D eigenvalue weighted by molar-refractivity contribution is -0.135. The SMILES string of the molecule is Cc1c(Cl)cccc1NC(=O)C(=O)c1cn(CC(=O)N2CCOCC2)c2ccccc12. The van der Waals surface area contributed by atoms with E-state index in [0.717, 1.165) is 5.52 Å². The van der Waals surface area contributed by atoms with Gasteiger partial charge in [0.15, 0.2) is 0 Å². The maximum Gasteiger partial charge on any atom is 0.296 e. The van der Waals surface area contributed by atoms with E-state index in [9.17, 15) is 14.4 Å². The number of halogens is 1. The molecule has 4 rings (SSSR count). The summed E-state index contributed by atoms with van der Waals surface area (Å²) in [5, 5.41) is 3.77. The second-order valence-electron chi connectivity index (χ2n) is 7.38. The van der Waals surface area contributed by atoms with E-state index in [-0.39, 0.29) is 18.0 Å². The van der Waals surface area contributed by atoms with Crippen molar-refractivity contribution in [2.45, 2.75) is 13.5 Å². The Morgan fingerprint density at radius 1 is 1.06 bits per heavy atom. The molecule has 1 N–H and O–H groups in total. The van der Waals surface area contributed by atoms with Crippen molar-refractivity contribution in [3.8, 4) is 0 Å². The summed E-state index contributed by atoms with van der Waals surface area (Å²) in [7, 11) is 0. The van der Waals surface area contributed by atoms with Crippen LogP contribution in [0.5, 0.6) is 0 Å². The summed E-state index contributed by atoms with van der Waals surface area (Å²) < 4.78 is 7.02. The number of Topliss-reactive ketones (excluding diaryl/α,β-unsaturated/α-hetero) is 1. The van der Waals surface area contributed by atoms with Gasteiger partial charge in [-0.05, 0) is 30.7 Å². The highest BCUT2D eigenvalue weighted by Crippen LogP contribution is 2.25. The minimum atomic E-state index is -0.757. The van der Waals surface area contributed by atoms with Gasteiger partial charge in [-0.2, -0.15) is 0 Å². The number of benzene rings is 2. The van der Waals surface area contributed by atoms with Gasteiger partial charge in [0.05, 0.1) is 18.8 Å². The van der Waals surface area contributed by atoms with Gasteiger partial charge in [0.2, 0.25) is 5.91 Å². The molecular weight excluding hydrogens is 418 g/mol. The Hall–Kier alpha value is -3.16. The van der Waals surface area contributed by atoms with Gasteiger partial charge in [0.25, 0.3) is 11.7 Å². The maximum atomic E-state index is 13.0. The van der Waals surface area contributed by atoms with Crippen LogP contribution in [0.1, 0.15) is 15.9 Å². The molecule has 160 valence electrons. The molecule has 0 atom stereocenters. The number of hydrogen-bond acceptors (Lipinski definition) is 4. The zero-order valence-electron chi connectivity index (χ0n) is 17.1. The van der Waals surface area contributed by atoms with E-state index in [2.05, 4.69) is 5.32 Å². The molecule has 0 unspecified atom stereocenters. The molecule has 0 spiro atoms. The first-order valence-electron chi connectivity index (χ1n) is 10.00. The Morgan fingerprint density at radius 2 is 1.81 bits per heavy atom. The molecule has 2 aromatic carbocycles. The molecule has 0 aliphatic carbocycles. The van der Waals surface area contributed by atoms with Crippen molar-refractivity contribution in [3.63, 3.8) is 0 Å². The van der Waals surface area contributed by atoms with Crippen LogP contribution in [-0.4, -0.2) is 53.4 Å². The fourth-order valence-corrected chi connectivity index (χ4v) is 3.84. The summed E-state index contributed by atoms with van der Waals surface area (Å²) >= 11 is 6.10. The van der Waals surface area contributed by atoms with Gasteiger partial charge in [-0.1, -0.05) is 35.9 Å². The predicted molar refractivity (Wildman–Crippen MR) is 118 cm³/mol. The Balaban J connectivity index is 1.60. The Morgan fingerprint density at radius 3 is 2.58 bits per heavy atom. The lowest BCUT2D eigenvalue weighted by atomic mass is 10.1. The molecule has 3 aromatic rings. The quantitative estimate of drug-likeness (QED) is 0.488. The van der Waals surface area contributed by atoms with Gasteiger partial charge >= 0.3 is 0 Å². The fourth-order valence-electron chi connectivity index (χ4n) is 3.66. The van der Waals surface area contributed by atoms with E-state index in [1.165, 1.54) is 0 Å². The molecule has 1 aromatic heterocycles. The molecule has 2 amide bonds. The number of morpholine rings is 1. The van der Waals surface area contributed by atoms with E-state index in [1.807, 2.05) is 12.1 Å². The zero-order valence-corrected chi connectivity index (χ0v) is 17.8. The summed E-state index contributed by atoms with van der Waals surface area (Å²) in [6, 6.07) is 12.4. The van der Waals surface area contributed by atoms with Crippen LogP contribution in [0.4, 0.5) is 5.69 Å². The van der Waals surface area contributed by atoms with Crippen LogP contribution in [0.2, 0.25) is 5.02 Å². The smallest absolute Gasteiger partial charge is 0.296 e. The number of hydrogen-bond donors (Lipinski definition) is 1. The summed E-state index contributed by atoms with van der Waals surface area (Å²) in [5.74, 6) is -1.48. The molecule has 1 aliphatic rings. The number of carbonyl (C=O) groups excluding carboxylic acids is 3. The van der Waals surface area contributed by atoms with Crippen LogP contribution in [0.25, 0.3) is 10.9 Å². The number of anilines is 1. The van der Waals surface area contributed by atoms with Crippen LogP contribution < -0.4 is 5.32 Å². The number of amides is 2. The van der Waals surface area contributed by atoms with Gasteiger partial charge in [0.1, 0.15) is 6.54 Å². The predicted octanol–water partition coefficient (Wildman–Crippen LogP) is 3.28. The highest BCUT2D eigenvalue weighted by molar-refractivity contribution is 6.48. The Kier molecular flexibility index (Phi) is 6.06. The highest BCUT2D eigenvalue weighted by Gasteiger charge is 2.24. The van der Waals surface area contributed by atoms with Crippen molar-refractivity contribution < 1.29 is 19.1 Å². The van der Waals surface area contributed by atoms with E-state index < -0.39 is 11.7 Å². The molecule has 2 heterocycles. The number of ketones is 1. The average molecular weight is 440 g/mol. The molecule has 0 saturated carbocycles. The molecule has 7 nitrogen and oxygen atoms in total. The number of para-hydroxylation sites is 1. The van der Waals surface area contributed by atoms with Crippen LogP contribution >= 0.6 is 11.6 Å². The number of nitrogens with one attached hydrogen (secondary N) is 1. The van der Waals surface area contributed by atoms with Crippen molar-refractivity contribution in [2.75, 3.05) is 31.6 Å². The van der Waals surface area contributed by atoms with E-state index in [1.54, 1.807) is 52.9 Å². The molecule has 1 saturated heterocycles. The van der Waals surface area contributed by atoms with Crippen molar-refractivity contribution >= 4 is 45.8 Å². The summed E-state index contributed by atoms with van der Waals surface area (Å²) in [4.78, 5) is 40.1. The Bertz CT molecular complexity index is 1160. The van der Waals surface area contributed by atoms with E-state index in [4.69, 9.17) is 16.3 Å². The molecule has 0 bridgehead atoms.